The molecule has 4 aromatic rings. The molecule has 1 aromatic carbocycles. The molecule has 1 saturated carbocycles. The number of hydrogen-bond donors (Lipinski definition) is 2. The van der Waals surface area contributed by atoms with E-state index < -0.39 is 0 Å². The number of anilines is 1. The van der Waals surface area contributed by atoms with E-state index >= 15 is 0 Å². The van der Waals surface area contributed by atoms with Crippen LogP contribution in [0.15, 0.2) is 18.3 Å². The summed E-state index contributed by atoms with van der Waals surface area (Å²) in [4.78, 5) is 20.5. The minimum Gasteiger partial charge on any atom is -0.360 e. The van der Waals surface area contributed by atoms with Gasteiger partial charge in [0.25, 0.3) is 0 Å². The number of aromatic amines is 1. The topological polar surface area (TPSA) is 87.5 Å². The van der Waals surface area contributed by atoms with E-state index in [1.165, 1.54) is 24.0 Å². The summed E-state index contributed by atoms with van der Waals surface area (Å²) in [6.07, 6.45) is 6.56. The lowest BCUT2D eigenvalue weighted by Crippen LogP contribution is -2.32. The fraction of sp³-hybridized carbons (Fsp3) is 0.500. The first-order valence-corrected chi connectivity index (χ1v) is 11.7. The van der Waals surface area contributed by atoms with Crippen LogP contribution in [0.3, 0.4) is 0 Å². The third-order valence-electron chi connectivity index (χ3n) is 7.10. The maximum Gasteiger partial charge on any atom is 0.179 e. The first-order chi connectivity index (χ1) is 15.6. The van der Waals surface area contributed by atoms with Gasteiger partial charge in [0, 0.05) is 12.1 Å². The van der Waals surface area contributed by atoms with Crippen LogP contribution in [0.1, 0.15) is 60.3 Å². The van der Waals surface area contributed by atoms with Gasteiger partial charge >= 0.3 is 0 Å². The Morgan fingerprint density at radius 2 is 1.88 bits per heavy atom. The highest BCUT2D eigenvalue weighted by atomic mass is 15.4. The van der Waals surface area contributed by atoms with Gasteiger partial charge in [-0.05, 0) is 76.9 Å². The number of nitrogens with zero attached hydrogens (tertiary/aromatic N) is 6. The molecule has 0 radical (unpaired) electrons. The monoisotopic (exact) mass is 430 g/mol. The largest absolute Gasteiger partial charge is 0.360 e. The van der Waals surface area contributed by atoms with E-state index in [2.05, 4.69) is 52.9 Å². The van der Waals surface area contributed by atoms with Gasteiger partial charge in [0.05, 0.1) is 29.3 Å². The highest BCUT2D eigenvalue weighted by molar-refractivity contribution is 5.84. The van der Waals surface area contributed by atoms with Gasteiger partial charge in [-0.3, -0.25) is 0 Å². The minimum atomic E-state index is 0.366. The minimum absolute atomic E-state index is 0.366. The van der Waals surface area contributed by atoms with Gasteiger partial charge in [0.2, 0.25) is 0 Å². The third-order valence-corrected chi connectivity index (χ3v) is 7.10. The molecule has 8 heteroatoms. The predicted octanol–water partition coefficient (Wildman–Crippen LogP) is 4.08. The van der Waals surface area contributed by atoms with Gasteiger partial charge in [-0.25, -0.2) is 19.6 Å². The molecule has 32 heavy (non-hydrogen) atoms. The quantitative estimate of drug-likeness (QED) is 0.496. The SMILES string of the molecule is Cc1ccc2[nH]c(CNc3nn(C4CCN(C)CC4)c4nc(C5CC5)cnc34)nc2c1C. The van der Waals surface area contributed by atoms with Crippen LogP contribution < -0.4 is 5.32 Å². The van der Waals surface area contributed by atoms with Crippen LogP contribution in [0.5, 0.6) is 0 Å². The zero-order valence-electron chi connectivity index (χ0n) is 19.0. The summed E-state index contributed by atoms with van der Waals surface area (Å²) < 4.78 is 2.13. The molecule has 0 bridgehead atoms. The van der Waals surface area contributed by atoms with Crippen LogP contribution in [-0.2, 0) is 6.54 Å². The molecule has 0 spiro atoms. The highest BCUT2D eigenvalue weighted by Gasteiger charge is 2.28. The Morgan fingerprint density at radius 1 is 1.06 bits per heavy atom. The molecule has 3 aromatic heterocycles. The van der Waals surface area contributed by atoms with E-state index in [9.17, 15) is 0 Å². The number of hydrogen-bond acceptors (Lipinski definition) is 6. The van der Waals surface area contributed by atoms with Gasteiger partial charge in [0.1, 0.15) is 5.82 Å². The zero-order valence-corrected chi connectivity index (χ0v) is 19.0. The molecule has 0 atom stereocenters. The first kappa shape index (κ1) is 19.7. The normalized spacial score (nSPS) is 18.1. The van der Waals surface area contributed by atoms with Crippen LogP contribution in [0.4, 0.5) is 5.82 Å². The zero-order chi connectivity index (χ0) is 21.8. The number of aromatic nitrogens is 6. The predicted molar refractivity (Wildman–Crippen MR) is 126 cm³/mol. The first-order valence-electron chi connectivity index (χ1n) is 11.7. The van der Waals surface area contributed by atoms with Gasteiger partial charge in [-0.1, -0.05) is 6.07 Å². The van der Waals surface area contributed by atoms with Crippen molar-refractivity contribution in [1.82, 2.24) is 34.6 Å². The molecular formula is C24H30N8. The second kappa shape index (κ2) is 7.55. The molecule has 4 heterocycles. The second-order valence-electron chi connectivity index (χ2n) is 9.51. The van der Waals surface area contributed by atoms with Crippen LogP contribution in [0.2, 0.25) is 0 Å². The van der Waals surface area contributed by atoms with Crippen molar-refractivity contribution >= 4 is 28.0 Å². The number of benzene rings is 1. The Bertz CT molecular complexity index is 1290. The Balaban J connectivity index is 1.32. The van der Waals surface area contributed by atoms with Gasteiger partial charge in [0.15, 0.2) is 17.0 Å². The fourth-order valence-corrected chi connectivity index (χ4v) is 4.73. The van der Waals surface area contributed by atoms with E-state index in [1.807, 2.05) is 6.20 Å². The van der Waals surface area contributed by atoms with E-state index in [-0.39, 0.29) is 0 Å². The Hall–Kier alpha value is -3.00. The number of imidazole rings is 1. The molecule has 1 aliphatic heterocycles. The van der Waals surface area contributed by atoms with Crippen LogP contribution >= 0.6 is 0 Å². The molecule has 2 N–H and O–H groups in total. The Labute approximate surface area is 187 Å². The van der Waals surface area contributed by atoms with E-state index in [0.29, 0.717) is 18.5 Å². The summed E-state index contributed by atoms with van der Waals surface area (Å²) in [6, 6.07) is 4.60. The van der Waals surface area contributed by atoms with Crippen molar-refractivity contribution in [2.45, 2.75) is 58.0 Å². The number of rotatable bonds is 5. The van der Waals surface area contributed by atoms with E-state index in [4.69, 9.17) is 20.1 Å². The lowest BCUT2D eigenvalue weighted by Gasteiger charge is -2.29. The molecular weight excluding hydrogens is 400 g/mol. The summed E-state index contributed by atoms with van der Waals surface area (Å²) in [7, 11) is 2.19. The molecule has 0 amide bonds. The van der Waals surface area contributed by atoms with Crippen LogP contribution in [0.25, 0.3) is 22.2 Å². The maximum absolute atomic E-state index is 5.02. The van der Waals surface area contributed by atoms with Crippen molar-refractivity contribution < 1.29 is 0 Å². The smallest absolute Gasteiger partial charge is 0.179 e. The lowest BCUT2D eigenvalue weighted by molar-refractivity contribution is 0.215. The molecule has 0 unspecified atom stereocenters. The molecule has 166 valence electrons. The third kappa shape index (κ3) is 3.43. The van der Waals surface area contributed by atoms with Gasteiger partial charge in [-0.15, -0.1) is 0 Å². The lowest BCUT2D eigenvalue weighted by atomic mass is 10.1. The number of nitrogens with one attached hydrogen (secondary N) is 2. The fourth-order valence-electron chi connectivity index (χ4n) is 4.73. The number of aryl methyl sites for hydroxylation is 2. The summed E-state index contributed by atoms with van der Waals surface area (Å²) in [6.45, 7) is 6.99. The number of H-pyrrole nitrogens is 1. The summed E-state index contributed by atoms with van der Waals surface area (Å²) >= 11 is 0. The molecule has 8 nitrogen and oxygen atoms in total. The average molecular weight is 431 g/mol. The number of likely N-dealkylation sites (tertiary alicyclic amines) is 1. The molecule has 2 aliphatic rings. The maximum atomic E-state index is 5.02. The average Bonchev–Trinajstić information content (AvgIpc) is 3.47. The van der Waals surface area contributed by atoms with Crippen molar-refractivity contribution in [3.05, 3.63) is 41.0 Å². The number of fused-ring (bicyclic) bond motifs is 2. The Morgan fingerprint density at radius 3 is 2.66 bits per heavy atom. The summed E-state index contributed by atoms with van der Waals surface area (Å²) in [5.41, 5.74) is 7.48. The van der Waals surface area contributed by atoms with Crippen molar-refractivity contribution in [2.75, 3.05) is 25.5 Å². The molecule has 2 fully saturated rings. The summed E-state index contributed by atoms with van der Waals surface area (Å²) in [5, 5.41) is 8.47. The van der Waals surface area contributed by atoms with Crippen molar-refractivity contribution in [1.29, 1.82) is 0 Å². The highest BCUT2D eigenvalue weighted by Crippen LogP contribution is 2.39. The van der Waals surface area contributed by atoms with Gasteiger partial charge < -0.3 is 15.2 Å². The standard InChI is InChI=1S/C24H30N8/c1-14-4-7-18-21(15(14)2)29-20(27-18)13-26-23-22-24(28-19(12-25-22)16-5-6-16)32(30-23)17-8-10-31(3)11-9-17/h4,7,12,16-17H,5-6,8-11,13H2,1-3H3,(H,26,30)(H,27,29). The van der Waals surface area contributed by atoms with Gasteiger partial charge in [-0.2, -0.15) is 5.10 Å². The Kier molecular flexibility index (Phi) is 4.64. The second-order valence-corrected chi connectivity index (χ2v) is 9.51. The molecule has 6 rings (SSSR count). The molecule has 1 saturated heterocycles. The van der Waals surface area contributed by atoms with E-state index in [1.54, 1.807) is 0 Å². The summed E-state index contributed by atoms with van der Waals surface area (Å²) in [5.74, 6) is 2.27. The molecule has 1 aliphatic carbocycles. The van der Waals surface area contributed by atoms with Crippen molar-refractivity contribution in [2.24, 2.45) is 0 Å². The van der Waals surface area contributed by atoms with E-state index in [0.717, 1.165) is 65.5 Å². The van der Waals surface area contributed by atoms with Crippen molar-refractivity contribution in [3.63, 3.8) is 0 Å². The van der Waals surface area contributed by atoms with Crippen LogP contribution in [0, 0.1) is 13.8 Å². The van der Waals surface area contributed by atoms with Crippen LogP contribution in [-0.4, -0.2) is 54.8 Å². The number of piperidine rings is 1. The van der Waals surface area contributed by atoms with Crippen molar-refractivity contribution in [3.8, 4) is 0 Å².